The Balaban J connectivity index is 1.95. The van der Waals surface area contributed by atoms with E-state index in [1.807, 2.05) is 7.05 Å². The van der Waals surface area contributed by atoms with Gasteiger partial charge in [0.1, 0.15) is 0 Å². The number of hydrogen-bond donors (Lipinski definition) is 1. The van der Waals surface area contributed by atoms with Gasteiger partial charge in [-0.15, -0.1) is 11.3 Å². The molecule has 0 amide bonds. The predicted octanol–water partition coefficient (Wildman–Crippen LogP) is 3.90. The normalized spacial score (nSPS) is 16.6. The first-order chi connectivity index (χ1) is 9.79. The Morgan fingerprint density at radius 2 is 2.15 bits per heavy atom. The van der Waals surface area contributed by atoms with Crippen molar-refractivity contribution in [3.8, 4) is 0 Å². The molecule has 4 heteroatoms. The molecule has 1 atom stereocenters. The Hall–Kier alpha value is -1.39. The quantitative estimate of drug-likeness (QED) is 0.928. The summed E-state index contributed by atoms with van der Waals surface area (Å²) in [5.41, 5.74) is 3.92. The van der Waals surface area contributed by atoms with Crippen molar-refractivity contribution in [1.29, 1.82) is 0 Å². The van der Waals surface area contributed by atoms with Gasteiger partial charge in [0.05, 0.1) is 5.69 Å². The SMILES string of the molecule is CNC(C)c1csc(N2CCCCc3ccccc32)n1. The zero-order valence-electron chi connectivity index (χ0n) is 12.1. The van der Waals surface area contributed by atoms with Crippen LogP contribution < -0.4 is 10.2 Å². The summed E-state index contributed by atoms with van der Waals surface area (Å²) >= 11 is 1.75. The van der Waals surface area contributed by atoms with E-state index in [2.05, 4.69) is 46.8 Å². The van der Waals surface area contributed by atoms with Crippen LogP contribution in [0.2, 0.25) is 0 Å². The first-order valence-electron chi connectivity index (χ1n) is 7.27. The molecular formula is C16H21N3S. The average Bonchev–Trinajstić information content (AvgIpc) is 2.87. The second-order valence-corrected chi connectivity index (χ2v) is 6.14. The molecule has 0 fully saturated rings. The van der Waals surface area contributed by atoms with Gasteiger partial charge in [-0.25, -0.2) is 4.98 Å². The van der Waals surface area contributed by atoms with Gasteiger partial charge in [0.25, 0.3) is 0 Å². The standard InChI is InChI=1S/C16H21N3S/c1-12(17-2)14-11-20-16(18-14)19-10-6-5-8-13-7-3-4-9-15(13)19/h3-4,7,9,11-12,17H,5-6,8,10H2,1-2H3. The van der Waals surface area contributed by atoms with Crippen LogP contribution in [-0.4, -0.2) is 18.6 Å². The third-order valence-electron chi connectivity index (χ3n) is 3.98. The second kappa shape index (κ2) is 5.94. The topological polar surface area (TPSA) is 28.2 Å². The molecule has 3 rings (SSSR count). The molecular weight excluding hydrogens is 266 g/mol. The molecule has 0 bridgehead atoms. The summed E-state index contributed by atoms with van der Waals surface area (Å²) in [5, 5.41) is 6.55. The van der Waals surface area contributed by atoms with Gasteiger partial charge in [0, 0.05) is 23.7 Å². The van der Waals surface area contributed by atoms with Crippen molar-refractivity contribution in [3.05, 3.63) is 40.9 Å². The fourth-order valence-corrected chi connectivity index (χ4v) is 3.59. The fraction of sp³-hybridized carbons (Fsp3) is 0.438. The Labute approximate surface area is 124 Å². The van der Waals surface area contributed by atoms with Gasteiger partial charge in [0.2, 0.25) is 0 Å². The van der Waals surface area contributed by atoms with Crippen LogP contribution in [0.5, 0.6) is 0 Å². The third kappa shape index (κ3) is 2.58. The van der Waals surface area contributed by atoms with Crippen molar-refractivity contribution < 1.29 is 0 Å². The molecule has 0 radical (unpaired) electrons. The lowest BCUT2D eigenvalue weighted by molar-refractivity contribution is 0.636. The number of thiazole rings is 1. The van der Waals surface area contributed by atoms with E-state index in [0.29, 0.717) is 6.04 Å². The molecule has 2 aromatic rings. The fourth-order valence-electron chi connectivity index (χ4n) is 2.64. The van der Waals surface area contributed by atoms with Crippen LogP contribution in [0, 0.1) is 0 Å². The molecule has 1 N–H and O–H groups in total. The number of nitrogens with one attached hydrogen (secondary N) is 1. The molecule has 3 nitrogen and oxygen atoms in total. The minimum Gasteiger partial charge on any atom is -0.318 e. The molecule has 0 aliphatic carbocycles. The van der Waals surface area contributed by atoms with Crippen molar-refractivity contribution in [1.82, 2.24) is 10.3 Å². The largest absolute Gasteiger partial charge is 0.318 e. The summed E-state index contributed by atoms with van der Waals surface area (Å²) in [5.74, 6) is 0. The lowest BCUT2D eigenvalue weighted by Crippen LogP contribution is -2.18. The van der Waals surface area contributed by atoms with E-state index in [0.717, 1.165) is 17.4 Å². The van der Waals surface area contributed by atoms with E-state index < -0.39 is 0 Å². The number of nitrogens with zero attached hydrogens (tertiary/aromatic N) is 2. The van der Waals surface area contributed by atoms with Crippen LogP contribution >= 0.6 is 11.3 Å². The van der Waals surface area contributed by atoms with Gasteiger partial charge < -0.3 is 10.2 Å². The number of para-hydroxylation sites is 1. The summed E-state index contributed by atoms with van der Waals surface area (Å²) in [4.78, 5) is 7.21. The van der Waals surface area contributed by atoms with Gasteiger partial charge in [-0.1, -0.05) is 18.2 Å². The van der Waals surface area contributed by atoms with E-state index in [9.17, 15) is 0 Å². The molecule has 0 spiro atoms. The van der Waals surface area contributed by atoms with Gasteiger partial charge in [-0.05, 0) is 44.9 Å². The minimum atomic E-state index is 0.308. The summed E-state index contributed by atoms with van der Waals surface area (Å²) in [6.07, 6.45) is 3.67. The Morgan fingerprint density at radius 3 is 3.00 bits per heavy atom. The molecule has 1 unspecified atom stereocenters. The molecule has 106 valence electrons. The molecule has 0 saturated carbocycles. The van der Waals surface area contributed by atoms with Crippen molar-refractivity contribution in [2.45, 2.75) is 32.2 Å². The van der Waals surface area contributed by atoms with E-state index in [1.165, 1.54) is 30.5 Å². The number of fused-ring (bicyclic) bond motifs is 1. The number of anilines is 2. The summed E-state index contributed by atoms with van der Waals surface area (Å²) < 4.78 is 0. The van der Waals surface area contributed by atoms with E-state index in [-0.39, 0.29) is 0 Å². The smallest absolute Gasteiger partial charge is 0.190 e. The van der Waals surface area contributed by atoms with Crippen molar-refractivity contribution in [3.63, 3.8) is 0 Å². The highest BCUT2D eigenvalue weighted by Crippen LogP contribution is 2.35. The molecule has 2 heterocycles. The van der Waals surface area contributed by atoms with E-state index >= 15 is 0 Å². The lowest BCUT2D eigenvalue weighted by atomic mass is 10.1. The van der Waals surface area contributed by atoms with Crippen molar-refractivity contribution >= 4 is 22.2 Å². The molecule has 1 aliphatic rings. The minimum absolute atomic E-state index is 0.308. The van der Waals surface area contributed by atoms with Crippen molar-refractivity contribution in [2.24, 2.45) is 0 Å². The number of aryl methyl sites for hydroxylation is 1. The highest BCUT2D eigenvalue weighted by atomic mass is 32.1. The molecule has 20 heavy (non-hydrogen) atoms. The maximum Gasteiger partial charge on any atom is 0.190 e. The van der Waals surface area contributed by atoms with Crippen LogP contribution in [0.1, 0.15) is 37.1 Å². The number of benzene rings is 1. The zero-order chi connectivity index (χ0) is 13.9. The van der Waals surface area contributed by atoms with Crippen molar-refractivity contribution in [2.75, 3.05) is 18.5 Å². The summed E-state index contributed by atoms with van der Waals surface area (Å²) in [6.45, 7) is 3.22. The first-order valence-corrected chi connectivity index (χ1v) is 8.15. The molecule has 0 saturated heterocycles. The van der Waals surface area contributed by atoms with Gasteiger partial charge >= 0.3 is 0 Å². The monoisotopic (exact) mass is 287 g/mol. The Bertz CT molecular complexity index is 579. The first kappa shape index (κ1) is 13.6. The maximum absolute atomic E-state index is 4.83. The van der Waals surface area contributed by atoms with Crippen LogP contribution in [0.15, 0.2) is 29.6 Å². The van der Waals surface area contributed by atoms with E-state index in [1.54, 1.807) is 11.3 Å². The molecule has 1 aromatic carbocycles. The van der Waals surface area contributed by atoms with Crippen LogP contribution in [0.4, 0.5) is 10.8 Å². The van der Waals surface area contributed by atoms with Gasteiger partial charge in [-0.3, -0.25) is 0 Å². The van der Waals surface area contributed by atoms with E-state index in [4.69, 9.17) is 4.98 Å². The second-order valence-electron chi connectivity index (χ2n) is 5.30. The third-order valence-corrected chi connectivity index (χ3v) is 4.86. The van der Waals surface area contributed by atoms with Crippen LogP contribution in [0.25, 0.3) is 0 Å². The predicted molar refractivity (Wildman–Crippen MR) is 86.0 cm³/mol. The maximum atomic E-state index is 4.83. The lowest BCUT2D eigenvalue weighted by Gasteiger charge is -2.22. The van der Waals surface area contributed by atoms with Gasteiger partial charge in [0.15, 0.2) is 5.13 Å². The summed E-state index contributed by atoms with van der Waals surface area (Å²) in [6, 6.07) is 9.05. The number of hydrogen-bond acceptors (Lipinski definition) is 4. The van der Waals surface area contributed by atoms with Crippen LogP contribution in [-0.2, 0) is 6.42 Å². The Morgan fingerprint density at radius 1 is 1.30 bits per heavy atom. The number of rotatable bonds is 3. The molecule has 1 aromatic heterocycles. The van der Waals surface area contributed by atoms with Gasteiger partial charge in [-0.2, -0.15) is 0 Å². The highest BCUT2D eigenvalue weighted by molar-refractivity contribution is 7.13. The highest BCUT2D eigenvalue weighted by Gasteiger charge is 2.19. The molecule has 1 aliphatic heterocycles. The zero-order valence-corrected chi connectivity index (χ0v) is 12.9. The average molecular weight is 287 g/mol. The van der Waals surface area contributed by atoms with Crippen LogP contribution in [0.3, 0.4) is 0 Å². The number of aromatic nitrogens is 1. The Kier molecular flexibility index (Phi) is 4.03. The summed E-state index contributed by atoms with van der Waals surface area (Å²) in [7, 11) is 1.98.